The molecule has 0 aromatic heterocycles. The number of para-hydroxylation sites is 1. The van der Waals surface area contributed by atoms with Gasteiger partial charge in [-0.2, -0.15) is 0 Å². The maximum atomic E-state index is 12.5. The third kappa shape index (κ3) is 5.47. The molecule has 7 heteroatoms. The second-order valence-corrected chi connectivity index (χ2v) is 5.98. The topological polar surface area (TPSA) is 87.5 Å². The molecule has 140 valence electrons. The number of hydrogen-bond donors (Lipinski definition) is 3. The van der Waals surface area contributed by atoms with Crippen LogP contribution < -0.4 is 16.4 Å². The molecule has 0 heterocycles. The molecule has 2 aromatic carbocycles. The van der Waals surface area contributed by atoms with Crippen molar-refractivity contribution in [1.29, 1.82) is 0 Å². The highest BCUT2D eigenvalue weighted by Gasteiger charge is 2.17. The summed E-state index contributed by atoms with van der Waals surface area (Å²) in [5, 5.41) is 5.55. The van der Waals surface area contributed by atoms with Gasteiger partial charge in [-0.05, 0) is 43.7 Å². The molecule has 0 aliphatic rings. The Morgan fingerprint density at radius 2 is 1.77 bits per heavy atom. The molecular formula is C19H25ClN4O2. The summed E-state index contributed by atoms with van der Waals surface area (Å²) in [6.45, 7) is 4.15. The van der Waals surface area contributed by atoms with Crippen LogP contribution in [0.15, 0.2) is 48.5 Å². The summed E-state index contributed by atoms with van der Waals surface area (Å²) in [7, 11) is 1.72. The van der Waals surface area contributed by atoms with Crippen molar-refractivity contribution in [2.24, 2.45) is 5.73 Å². The molecule has 0 aliphatic carbocycles. The first kappa shape index (κ1) is 21.5. The lowest BCUT2D eigenvalue weighted by Gasteiger charge is -2.24. The molecule has 2 aromatic rings. The Labute approximate surface area is 160 Å². The van der Waals surface area contributed by atoms with Gasteiger partial charge in [-0.3, -0.25) is 4.79 Å². The first-order valence-electron chi connectivity index (χ1n) is 8.13. The number of hydrogen-bond acceptors (Lipinski definition) is 3. The van der Waals surface area contributed by atoms with E-state index in [1.807, 2.05) is 38.1 Å². The van der Waals surface area contributed by atoms with Gasteiger partial charge in [0.1, 0.15) is 0 Å². The lowest BCUT2D eigenvalue weighted by molar-refractivity contribution is 0.0748. The summed E-state index contributed by atoms with van der Waals surface area (Å²) in [4.78, 5) is 26.3. The minimum atomic E-state index is -0.359. The molecule has 2 rings (SSSR count). The molecule has 26 heavy (non-hydrogen) atoms. The molecular weight excluding hydrogens is 352 g/mol. The van der Waals surface area contributed by atoms with Crippen LogP contribution in [0.3, 0.4) is 0 Å². The number of carbonyl (C=O) groups excluding carboxylic acids is 2. The Balaban J connectivity index is 0.00000338. The molecule has 0 spiro atoms. The Morgan fingerprint density at radius 1 is 1.12 bits per heavy atom. The van der Waals surface area contributed by atoms with Crippen molar-refractivity contribution in [3.05, 3.63) is 59.7 Å². The zero-order chi connectivity index (χ0) is 18.4. The molecule has 0 aliphatic heterocycles. The van der Waals surface area contributed by atoms with Gasteiger partial charge in [0.25, 0.3) is 5.91 Å². The van der Waals surface area contributed by atoms with Crippen LogP contribution in [0.5, 0.6) is 0 Å². The van der Waals surface area contributed by atoms with E-state index >= 15 is 0 Å². The maximum Gasteiger partial charge on any atom is 0.323 e. The zero-order valence-corrected chi connectivity index (χ0v) is 16.0. The number of benzene rings is 2. The fraction of sp³-hybridized carbons (Fsp3) is 0.263. The zero-order valence-electron chi connectivity index (χ0n) is 15.2. The first-order chi connectivity index (χ1) is 11.9. The first-order valence-corrected chi connectivity index (χ1v) is 8.13. The quantitative estimate of drug-likeness (QED) is 0.746. The maximum absolute atomic E-state index is 12.5. The Morgan fingerprint density at radius 3 is 2.38 bits per heavy atom. The molecule has 1 unspecified atom stereocenters. The van der Waals surface area contributed by atoms with E-state index in [1.165, 1.54) is 0 Å². The van der Waals surface area contributed by atoms with Gasteiger partial charge < -0.3 is 21.3 Å². The SMILES string of the molecule is Cc1ccc(C(=O)N(C)C(C)CN)cc1NC(=O)Nc1ccccc1.Cl. The van der Waals surface area contributed by atoms with Gasteiger partial charge >= 0.3 is 6.03 Å². The monoisotopic (exact) mass is 376 g/mol. The number of nitrogens with zero attached hydrogens (tertiary/aromatic N) is 1. The highest BCUT2D eigenvalue weighted by Crippen LogP contribution is 2.19. The van der Waals surface area contributed by atoms with Gasteiger partial charge in [-0.15, -0.1) is 12.4 Å². The normalized spacial score (nSPS) is 11.1. The molecule has 0 bridgehead atoms. The molecule has 4 N–H and O–H groups in total. The molecule has 1 atom stereocenters. The number of nitrogens with one attached hydrogen (secondary N) is 2. The fourth-order valence-electron chi connectivity index (χ4n) is 2.26. The summed E-state index contributed by atoms with van der Waals surface area (Å²) < 4.78 is 0. The van der Waals surface area contributed by atoms with E-state index in [0.717, 1.165) is 5.56 Å². The van der Waals surface area contributed by atoms with Gasteiger partial charge in [0.15, 0.2) is 0 Å². The van der Waals surface area contributed by atoms with Crippen molar-refractivity contribution >= 4 is 35.7 Å². The van der Waals surface area contributed by atoms with Crippen LogP contribution in [0.4, 0.5) is 16.2 Å². The number of nitrogens with two attached hydrogens (primary N) is 1. The number of rotatable bonds is 5. The smallest absolute Gasteiger partial charge is 0.323 e. The highest BCUT2D eigenvalue weighted by atomic mass is 35.5. The van der Waals surface area contributed by atoms with E-state index in [0.29, 0.717) is 23.5 Å². The number of halogens is 1. The van der Waals surface area contributed by atoms with Crippen LogP contribution in [-0.4, -0.2) is 36.5 Å². The Hall–Kier alpha value is -2.57. The summed E-state index contributed by atoms with van der Waals surface area (Å²) in [5.74, 6) is -0.135. The van der Waals surface area contributed by atoms with Gasteiger partial charge in [0, 0.05) is 36.6 Å². The number of likely N-dealkylation sites (N-methyl/N-ethyl adjacent to an activating group) is 1. The largest absolute Gasteiger partial charge is 0.338 e. The minimum Gasteiger partial charge on any atom is -0.338 e. The van der Waals surface area contributed by atoms with Crippen LogP contribution in [0.25, 0.3) is 0 Å². The van der Waals surface area contributed by atoms with Crippen molar-refractivity contribution in [3.63, 3.8) is 0 Å². The summed E-state index contributed by atoms with van der Waals surface area (Å²) in [6, 6.07) is 14.0. The number of anilines is 2. The van der Waals surface area contributed by atoms with E-state index in [2.05, 4.69) is 10.6 Å². The van der Waals surface area contributed by atoms with Crippen LogP contribution in [0, 0.1) is 6.92 Å². The standard InChI is InChI=1S/C19H24N4O2.ClH/c1-13-9-10-15(18(24)23(3)14(2)12-20)11-17(13)22-19(25)21-16-7-5-4-6-8-16;/h4-11,14H,12,20H2,1-3H3,(H2,21,22,25);1H. The van der Waals surface area contributed by atoms with Gasteiger partial charge in [0.05, 0.1) is 0 Å². The van der Waals surface area contributed by atoms with Crippen LogP contribution in [0.2, 0.25) is 0 Å². The lowest BCUT2D eigenvalue weighted by atomic mass is 10.1. The van der Waals surface area contributed by atoms with Gasteiger partial charge in [-0.25, -0.2) is 4.79 Å². The summed E-state index contributed by atoms with van der Waals surface area (Å²) >= 11 is 0. The van der Waals surface area contributed by atoms with E-state index in [1.54, 1.807) is 36.2 Å². The predicted octanol–water partition coefficient (Wildman–Crippen LogP) is 3.48. The fourth-order valence-corrected chi connectivity index (χ4v) is 2.26. The summed E-state index contributed by atoms with van der Waals surface area (Å²) in [5.41, 5.74) is 8.28. The average Bonchev–Trinajstić information content (AvgIpc) is 2.62. The molecule has 6 nitrogen and oxygen atoms in total. The van der Waals surface area contributed by atoms with Crippen molar-refractivity contribution in [1.82, 2.24) is 4.90 Å². The number of aryl methyl sites for hydroxylation is 1. The van der Waals surface area contributed by atoms with E-state index in [9.17, 15) is 9.59 Å². The van der Waals surface area contributed by atoms with Crippen molar-refractivity contribution < 1.29 is 9.59 Å². The van der Waals surface area contributed by atoms with Crippen LogP contribution >= 0.6 is 12.4 Å². The molecule has 3 amide bonds. The summed E-state index contributed by atoms with van der Waals surface area (Å²) in [6.07, 6.45) is 0. The molecule has 0 saturated carbocycles. The second-order valence-electron chi connectivity index (χ2n) is 5.98. The van der Waals surface area contributed by atoms with Crippen LogP contribution in [0.1, 0.15) is 22.8 Å². The molecule has 0 fully saturated rings. The van der Waals surface area contributed by atoms with Crippen molar-refractivity contribution in [2.45, 2.75) is 19.9 Å². The third-order valence-corrected chi connectivity index (χ3v) is 4.09. The van der Waals surface area contributed by atoms with Gasteiger partial charge in [-0.1, -0.05) is 24.3 Å². The van der Waals surface area contributed by atoms with Crippen LogP contribution in [-0.2, 0) is 0 Å². The average molecular weight is 377 g/mol. The van der Waals surface area contributed by atoms with Crippen molar-refractivity contribution in [3.8, 4) is 0 Å². The van der Waals surface area contributed by atoms with E-state index in [-0.39, 0.29) is 30.4 Å². The Bertz CT molecular complexity index is 752. The highest BCUT2D eigenvalue weighted by molar-refractivity contribution is 6.02. The third-order valence-electron chi connectivity index (χ3n) is 4.09. The Kier molecular flexibility index (Phi) is 8.09. The lowest BCUT2D eigenvalue weighted by Crippen LogP contribution is -2.39. The number of carbonyl (C=O) groups is 2. The van der Waals surface area contributed by atoms with E-state index < -0.39 is 0 Å². The second kappa shape index (κ2) is 9.79. The predicted molar refractivity (Wildman–Crippen MR) is 108 cm³/mol. The van der Waals surface area contributed by atoms with E-state index in [4.69, 9.17) is 5.73 Å². The minimum absolute atomic E-state index is 0. The number of urea groups is 1. The number of amides is 3. The van der Waals surface area contributed by atoms with Crippen molar-refractivity contribution in [2.75, 3.05) is 24.2 Å². The molecule has 0 saturated heterocycles. The van der Waals surface area contributed by atoms with Gasteiger partial charge in [0.2, 0.25) is 0 Å². The molecule has 0 radical (unpaired) electrons.